The molecule has 2 saturated heterocycles. The van der Waals surface area contributed by atoms with Gasteiger partial charge in [0.2, 0.25) is 5.95 Å². The van der Waals surface area contributed by atoms with Gasteiger partial charge < -0.3 is 14.7 Å². The van der Waals surface area contributed by atoms with E-state index in [1.54, 1.807) is 12.1 Å². The fraction of sp³-hybridized carbons (Fsp3) is 0.421. The lowest BCUT2D eigenvalue weighted by Gasteiger charge is -2.35. The molecule has 4 rings (SSSR count). The number of hydrogen-bond acceptors (Lipinski definition) is 5. The molecular formula is C19H22ClN5O. The van der Waals surface area contributed by atoms with Crippen molar-refractivity contribution in [3.05, 3.63) is 47.1 Å². The standard InChI is InChI=1S/C19H22ClN5O/c20-16-5-3-4-15(14-16)18(26)24-12-10-23(11-13-24)17-6-7-21-19(22-17)25-8-1-2-9-25/h3-7,14H,1-2,8-13H2. The number of anilines is 2. The predicted molar refractivity (Wildman–Crippen MR) is 103 cm³/mol. The second-order valence-corrected chi connectivity index (χ2v) is 7.14. The zero-order valence-corrected chi connectivity index (χ0v) is 15.4. The Balaban J connectivity index is 1.40. The first-order valence-electron chi connectivity index (χ1n) is 9.08. The highest BCUT2D eigenvalue weighted by Crippen LogP contribution is 2.21. The molecule has 0 radical (unpaired) electrons. The van der Waals surface area contributed by atoms with Crippen LogP contribution in [0.2, 0.25) is 5.02 Å². The van der Waals surface area contributed by atoms with Gasteiger partial charge in [0.25, 0.3) is 5.91 Å². The van der Waals surface area contributed by atoms with Gasteiger partial charge in [-0.3, -0.25) is 4.79 Å². The van der Waals surface area contributed by atoms with E-state index in [0.717, 1.165) is 37.9 Å². The summed E-state index contributed by atoms with van der Waals surface area (Å²) < 4.78 is 0. The molecule has 26 heavy (non-hydrogen) atoms. The van der Waals surface area contributed by atoms with Crippen LogP contribution in [0.3, 0.4) is 0 Å². The predicted octanol–water partition coefficient (Wildman–Crippen LogP) is 2.69. The van der Waals surface area contributed by atoms with Crippen molar-refractivity contribution in [1.29, 1.82) is 0 Å². The van der Waals surface area contributed by atoms with Crippen LogP contribution in [-0.2, 0) is 0 Å². The highest BCUT2D eigenvalue weighted by molar-refractivity contribution is 6.30. The number of nitrogens with zero attached hydrogens (tertiary/aromatic N) is 5. The lowest BCUT2D eigenvalue weighted by Crippen LogP contribution is -2.49. The number of halogens is 1. The number of carbonyl (C=O) groups is 1. The van der Waals surface area contributed by atoms with Gasteiger partial charge in [0.1, 0.15) is 5.82 Å². The number of carbonyl (C=O) groups excluding carboxylic acids is 1. The number of amides is 1. The molecule has 2 aliphatic rings. The molecule has 136 valence electrons. The molecule has 0 aliphatic carbocycles. The van der Waals surface area contributed by atoms with Gasteiger partial charge in [-0.2, -0.15) is 4.98 Å². The first-order valence-corrected chi connectivity index (χ1v) is 9.46. The molecule has 1 amide bonds. The highest BCUT2D eigenvalue weighted by Gasteiger charge is 2.24. The van der Waals surface area contributed by atoms with E-state index in [1.807, 2.05) is 29.3 Å². The van der Waals surface area contributed by atoms with Crippen molar-refractivity contribution >= 4 is 29.3 Å². The summed E-state index contributed by atoms with van der Waals surface area (Å²) >= 11 is 6.00. The van der Waals surface area contributed by atoms with Gasteiger partial charge in [-0.05, 0) is 37.1 Å². The average Bonchev–Trinajstić information content (AvgIpc) is 3.23. The van der Waals surface area contributed by atoms with Crippen molar-refractivity contribution in [1.82, 2.24) is 14.9 Å². The third-order valence-corrected chi connectivity index (χ3v) is 5.21. The van der Waals surface area contributed by atoms with Gasteiger partial charge in [0, 0.05) is 56.1 Å². The van der Waals surface area contributed by atoms with Crippen molar-refractivity contribution in [2.45, 2.75) is 12.8 Å². The van der Waals surface area contributed by atoms with E-state index in [9.17, 15) is 4.79 Å². The van der Waals surface area contributed by atoms with Gasteiger partial charge in [-0.15, -0.1) is 0 Å². The van der Waals surface area contributed by atoms with Crippen LogP contribution >= 0.6 is 11.6 Å². The van der Waals surface area contributed by atoms with Crippen LogP contribution in [0.25, 0.3) is 0 Å². The lowest BCUT2D eigenvalue weighted by atomic mass is 10.2. The van der Waals surface area contributed by atoms with Gasteiger partial charge in [0.15, 0.2) is 0 Å². The van der Waals surface area contributed by atoms with E-state index in [-0.39, 0.29) is 5.91 Å². The Labute approximate surface area is 158 Å². The van der Waals surface area contributed by atoms with Crippen molar-refractivity contribution in [2.24, 2.45) is 0 Å². The lowest BCUT2D eigenvalue weighted by molar-refractivity contribution is 0.0746. The maximum Gasteiger partial charge on any atom is 0.254 e. The third-order valence-electron chi connectivity index (χ3n) is 4.98. The van der Waals surface area contributed by atoms with Gasteiger partial charge in [-0.25, -0.2) is 4.98 Å². The van der Waals surface area contributed by atoms with Crippen LogP contribution in [0.5, 0.6) is 0 Å². The average molecular weight is 372 g/mol. The van der Waals surface area contributed by atoms with E-state index < -0.39 is 0 Å². The summed E-state index contributed by atoms with van der Waals surface area (Å²) in [7, 11) is 0. The Morgan fingerprint density at radius 3 is 2.46 bits per heavy atom. The Morgan fingerprint density at radius 1 is 0.962 bits per heavy atom. The molecule has 1 aromatic carbocycles. The van der Waals surface area contributed by atoms with Crippen LogP contribution in [-0.4, -0.2) is 60.0 Å². The Morgan fingerprint density at radius 2 is 1.73 bits per heavy atom. The first kappa shape index (κ1) is 17.1. The summed E-state index contributed by atoms with van der Waals surface area (Å²) in [6, 6.07) is 9.08. The van der Waals surface area contributed by atoms with E-state index in [2.05, 4.69) is 14.8 Å². The van der Waals surface area contributed by atoms with Crippen molar-refractivity contribution in [3.8, 4) is 0 Å². The van der Waals surface area contributed by atoms with E-state index in [4.69, 9.17) is 16.6 Å². The van der Waals surface area contributed by atoms with Gasteiger partial charge >= 0.3 is 0 Å². The molecule has 6 nitrogen and oxygen atoms in total. The molecule has 1 aromatic heterocycles. The number of piperazine rings is 1. The summed E-state index contributed by atoms with van der Waals surface area (Å²) in [4.78, 5) is 28.1. The largest absolute Gasteiger partial charge is 0.353 e. The highest BCUT2D eigenvalue weighted by atomic mass is 35.5. The molecule has 2 aliphatic heterocycles. The number of rotatable bonds is 3. The molecule has 0 unspecified atom stereocenters. The van der Waals surface area contributed by atoms with Crippen molar-refractivity contribution < 1.29 is 4.79 Å². The number of hydrogen-bond donors (Lipinski definition) is 0. The normalized spacial score (nSPS) is 17.7. The van der Waals surface area contributed by atoms with Crippen LogP contribution in [0.1, 0.15) is 23.2 Å². The maximum atomic E-state index is 12.6. The Hall–Kier alpha value is -2.34. The molecule has 0 saturated carbocycles. The van der Waals surface area contributed by atoms with Crippen LogP contribution < -0.4 is 9.80 Å². The van der Waals surface area contributed by atoms with E-state index in [1.165, 1.54) is 12.8 Å². The summed E-state index contributed by atoms with van der Waals surface area (Å²) in [6.07, 6.45) is 4.25. The molecule has 7 heteroatoms. The zero-order chi connectivity index (χ0) is 17.9. The smallest absolute Gasteiger partial charge is 0.254 e. The van der Waals surface area contributed by atoms with Crippen LogP contribution in [0.4, 0.5) is 11.8 Å². The fourth-order valence-electron chi connectivity index (χ4n) is 3.53. The van der Waals surface area contributed by atoms with E-state index in [0.29, 0.717) is 23.7 Å². The second-order valence-electron chi connectivity index (χ2n) is 6.70. The minimum Gasteiger partial charge on any atom is -0.353 e. The summed E-state index contributed by atoms with van der Waals surface area (Å²) in [5, 5.41) is 0.588. The monoisotopic (exact) mass is 371 g/mol. The molecule has 0 spiro atoms. The molecule has 0 atom stereocenters. The van der Waals surface area contributed by atoms with Crippen molar-refractivity contribution in [3.63, 3.8) is 0 Å². The SMILES string of the molecule is O=C(c1cccc(Cl)c1)N1CCN(c2ccnc(N3CCCC3)n2)CC1. The van der Waals surface area contributed by atoms with Gasteiger partial charge in [0.05, 0.1) is 0 Å². The molecule has 0 N–H and O–H groups in total. The minimum absolute atomic E-state index is 0.0348. The summed E-state index contributed by atoms with van der Waals surface area (Å²) in [6.45, 7) is 4.95. The van der Waals surface area contributed by atoms with Crippen LogP contribution in [0.15, 0.2) is 36.5 Å². The van der Waals surface area contributed by atoms with Crippen molar-refractivity contribution in [2.75, 3.05) is 49.1 Å². The summed E-state index contributed by atoms with van der Waals surface area (Å²) in [5.41, 5.74) is 0.643. The second kappa shape index (κ2) is 7.50. The molecule has 0 bridgehead atoms. The minimum atomic E-state index is 0.0348. The topological polar surface area (TPSA) is 52.6 Å². The summed E-state index contributed by atoms with van der Waals surface area (Å²) in [5.74, 6) is 1.79. The quantitative estimate of drug-likeness (QED) is 0.830. The number of benzene rings is 1. The first-order chi connectivity index (χ1) is 12.7. The molecule has 3 heterocycles. The molecule has 2 aromatic rings. The third kappa shape index (κ3) is 3.60. The number of aromatic nitrogens is 2. The fourth-order valence-corrected chi connectivity index (χ4v) is 3.72. The van der Waals surface area contributed by atoms with Gasteiger partial charge in [-0.1, -0.05) is 17.7 Å². The molecule has 2 fully saturated rings. The Kier molecular flexibility index (Phi) is 4.93. The zero-order valence-electron chi connectivity index (χ0n) is 14.6. The van der Waals surface area contributed by atoms with Crippen LogP contribution in [0, 0.1) is 0 Å². The Bertz CT molecular complexity index is 785. The maximum absolute atomic E-state index is 12.6. The molecular weight excluding hydrogens is 350 g/mol. The van der Waals surface area contributed by atoms with E-state index >= 15 is 0 Å².